The van der Waals surface area contributed by atoms with Gasteiger partial charge in [0.1, 0.15) is 17.6 Å². The fourth-order valence-corrected chi connectivity index (χ4v) is 5.88. The van der Waals surface area contributed by atoms with Crippen molar-refractivity contribution in [2.24, 2.45) is 5.41 Å². The van der Waals surface area contributed by atoms with Gasteiger partial charge in [0.2, 0.25) is 17.8 Å². The van der Waals surface area contributed by atoms with E-state index in [1.807, 2.05) is 4.90 Å². The number of carbonyl (C=O) groups is 2. The predicted molar refractivity (Wildman–Crippen MR) is 145 cm³/mol. The Bertz CT molecular complexity index is 1310. The normalized spacial score (nSPS) is 25.4. The monoisotopic (exact) mass is 560 g/mol. The third-order valence-electron chi connectivity index (χ3n) is 8.07. The number of methoxy groups -OCH3 is 1. The van der Waals surface area contributed by atoms with Crippen LogP contribution < -0.4 is 25.2 Å². The Labute approximate surface area is 231 Å². The Morgan fingerprint density at radius 2 is 1.98 bits per heavy atom. The fraction of sp³-hybridized carbons (Fsp3) is 0.571. The van der Waals surface area contributed by atoms with Crippen molar-refractivity contribution in [3.63, 3.8) is 0 Å². The molecule has 9 nitrogen and oxygen atoms in total. The molecule has 0 saturated heterocycles. The average Bonchev–Trinajstić information content (AvgIpc) is 3.48. The van der Waals surface area contributed by atoms with Crippen LogP contribution in [-0.2, 0) is 4.79 Å². The van der Waals surface area contributed by atoms with E-state index in [1.165, 1.54) is 18.2 Å². The van der Waals surface area contributed by atoms with Gasteiger partial charge in [0.25, 0.3) is 5.91 Å². The molecule has 3 unspecified atom stereocenters. The van der Waals surface area contributed by atoms with Crippen LogP contribution >= 0.6 is 0 Å². The molecule has 5 rings (SSSR count). The van der Waals surface area contributed by atoms with Gasteiger partial charge in [-0.15, -0.1) is 0 Å². The molecule has 0 bridgehead atoms. The molecule has 2 saturated carbocycles. The fourth-order valence-electron chi connectivity index (χ4n) is 5.88. The summed E-state index contributed by atoms with van der Waals surface area (Å²) in [5.74, 6) is -2.28. The van der Waals surface area contributed by atoms with E-state index in [4.69, 9.17) is 9.72 Å². The zero-order valence-corrected chi connectivity index (χ0v) is 23.1. The van der Waals surface area contributed by atoms with Crippen molar-refractivity contribution in [2.75, 3.05) is 35.8 Å². The van der Waals surface area contributed by atoms with E-state index in [0.29, 0.717) is 47.8 Å². The number of halogens is 3. The molecule has 3 atom stereocenters. The van der Waals surface area contributed by atoms with E-state index >= 15 is 0 Å². The number of nitrogens with zero attached hydrogens (tertiary/aromatic N) is 4. The van der Waals surface area contributed by atoms with Crippen LogP contribution in [0.1, 0.15) is 62.7 Å². The number of hydrogen-bond acceptors (Lipinski definition) is 7. The number of amides is 2. The minimum atomic E-state index is -2.77. The molecule has 40 heavy (non-hydrogen) atoms. The minimum absolute atomic E-state index is 0.152. The summed E-state index contributed by atoms with van der Waals surface area (Å²) < 4.78 is 47.5. The Morgan fingerprint density at radius 3 is 2.62 bits per heavy atom. The molecule has 2 aliphatic carbocycles. The van der Waals surface area contributed by atoms with Crippen molar-refractivity contribution in [3.8, 4) is 5.75 Å². The number of fused-ring (bicyclic) bond motifs is 1. The zero-order valence-electron chi connectivity index (χ0n) is 23.1. The molecule has 12 heteroatoms. The maximum Gasteiger partial charge on any atom is 0.251 e. The molecule has 3 aliphatic rings. The van der Waals surface area contributed by atoms with Crippen molar-refractivity contribution in [3.05, 3.63) is 30.0 Å². The maximum absolute atomic E-state index is 14.2. The second-order valence-electron chi connectivity index (χ2n) is 11.7. The van der Waals surface area contributed by atoms with Gasteiger partial charge in [-0.05, 0) is 57.7 Å². The van der Waals surface area contributed by atoms with Crippen LogP contribution in [0.4, 0.5) is 36.3 Å². The molecule has 2 N–H and O–H groups in total. The Hall–Kier alpha value is -3.57. The number of hydrogen-bond donors (Lipinski definition) is 2. The molecule has 1 aliphatic heterocycles. The van der Waals surface area contributed by atoms with Gasteiger partial charge in [0, 0.05) is 44.1 Å². The van der Waals surface area contributed by atoms with Crippen molar-refractivity contribution < 1.29 is 27.5 Å². The van der Waals surface area contributed by atoms with Gasteiger partial charge in [-0.25, -0.2) is 18.2 Å². The average molecular weight is 561 g/mol. The minimum Gasteiger partial charge on any atom is -0.495 e. The highest BCUT2D eigenvalue weighted by atomic mass is 19.3. The molecule has 0 radical (unpaired) electrons. The number of ether oxygens (including phenoxy) is 1. The van der Waals surface area contributed by atoms with Gasteiger partial charge < -0.3 is 25.2 Å². The number of carbonyl (C=O) groups excluding carboxylic acids is 2. The highest BCUT2D eigenvalue weighted by molar-refractivity contribution is 6.01. The van der Waals surface area contributed by atoms with E-state index < -0.39 is 23.6 Å². The highest BCUT2D eigenvalue weighted by Gasteiger charge is 2.47. The summed E-state index contributed by atoms with van der Waals surface area (Å²) in [7, 11) is 3.10. The summed E-state index contributed by atoms with van der Waals surface area (Å²) in [6.07, 6.45) is 1.75. The summed E-state index contributed by atoms with van der Waals surface area (Å²) in [6.45, 7) is 3.84. The molecule has 2 heterocycles. The molecule has 2 amide bonds. The first-order valence-corrected chi connectivity index (χ1v) is 13.6. The summed E-state index contributed by atoms with van der Waals surface area (Å²) in [4.78, 5) is 38.3. The third-order valence-corrected chi connectivity index (χ3v) is 8.07. The first-order valence-electron chi connectivity index (χ1n) is 13.6. The molecule has 216 valence electrons. The molecule has 2 fully saturated rings. The Balaban J connectivity index is 1.42. The van der Waals surface area contributed by atoms with Crippen LogP contribution in [0, 0.1) is 5.41 Å². The Morgan fingerprint density at radius 1 is 1.20 bits per heavy atom. The van der Waals surface area contributed by atoms with Gasteiger partial charge in [-0.2, -0.15) is 4.98 Å². The lowest BCUT2D eigenvalue weighted by molar-refractivity contribution is -0.125. The van der Waals surface area contributed by atoms with Crippen LogP contribution in [0.3, 0.4) is 0 Å². The van der Waals surface area contributed by atoms with Crippen molar-refractivity contribution in [1.29, 1.82) is 0 Å². The molecule has 0 spiro atoms. The molecule has 1 aromatic carbocycles. The quantitative estimate of drug-likeness (QED) is 0.521. The van der Waals surface area contributed by atoms with Crippen LogP contribution in [0.2, 0.25) is 0 Å². The molecule has 2 aromatic rings. The van der Waals surface area contributed by atoms with E-state index in [2.05, 4.69) is 15.6 Å². The second kappa shape index (κ2) is 10.4. The SMILES string of the molecule is COc1cc(C(=O)NC2CCC(F)C2)ccc1Nc1ncc2c(n1)N(C1CCC(F)(F)C1)CC(C)(C)C(=O)N2C. The topological polar surface area (TPSA) is 99.7 Å². The van der Waals surface area contributed by atoms with Crippen LogP contribution in [0.25, 0.3) is 0 Å². The summed E-state index contributed by atoms with van der Waals surface area (Å²) in [5, 5.41) is 5.97. The first kappa shape index (κ1) is 28.0. The lowest BCUT2D eigenvalue weighted by atomic mass is 9.91. The summed E-state index contributed by atoms with van der Waals surface area (Å²) in [5.41, 5.74) is 0.464. The van der Waals surface area contributed by atoms with E-state index in [1.54, 1.807) is 39.1 Å². The van der Waals surface area contributed by atoms with Crippen LogP contribution in [0.5, 0.6) is 5.75 Å². The molecular formula is C28H35F3N6O3. The summed E-state index contributed by atoms with van der Waals surface area (Å²) >= 11 is 0. The first-order chi connectivity index (χ1) is 18.9. The molecular weight excluding hydrogens is 525 g/mol. The third kappa shape index (κ3) is 5.53. The maximum atomic E-state index is 14.2. The van der Waals surface area contributed by atoms with Crippen molar-refractivity contribution in [1.82, 2.24) is 15.3 Å². The molecule has 1 aromatic heterocycles. The highest BCUT2D eigenvalue weighted by Crippen LogP contribution is 2.44. The summed E-state index contributed by atoms with van der Waals surface area (Å²) in [6, 6.07) is 4.17. The number of rotatable bonds is 6. The van der Waals surface area contributed by atoms with Crippen molar-refractivity contribution in [2.45, 2.75) is 76.6 Å². The number of alkyl halides is 3. The standard InChI is InChI=1S/C28H35F3N6O3/c1-27(2)15-37(19-9-10-28(30,31)13-19)23-21(36(3)25(27)39)14-32-26(35-23)34-20-8-5-16(11-22(20)40-4)24(38)33-18-7-6-17(29)12-18/h5,8,11,14,17-19H,6-7,9-10,12-13,15H2,1-4H3,(H,33,38)(H,32,34,35). The number of nitrogens with one attached hydrogen (secondary N) is 2. The van der Waals surface area contributed by atoms with Gasteiger partial charge in [-0.3, -0.25) is 9.59 Å². The van der Waals surface area contributed by atoms with Gasteiger partial charge in [0.05, 0.1) is 24.4 Å². The lowest BCUT2D eigenvalue weighted by Gasteiger charge is -2.34. The van der Waals surface area contributed by atoms with Gasteiger partial charge in [0.15, 0.2) is 5.82 Å². The predicted octanol–water partition coefficient (Wildman–Crippen LogP) is 4.85. The number of benzene rings is 1. The van der Waals surface area contributed by atoms with E-state index in [-0.39, 0.29) is 49.6 Å². The van der Waals surface area contributed by atoms with Gasteiger partial charge in [-0.1, -0.05) is 0 Å². The Kier molecular flexibility index (Phi) is 7.30. The van der Waals surface area contributed by atoms with E-state index in [0.717, 1.165) is 0 Å². The number of aromatic nitrogens is 2. The van der Waals surface area contributed by atoms with Crippen LogP contribution in [0.15, 0.2) is 24.4 Å². The van der Waals surface area contributed by atoms with Crippen molar-refractivity contribution >= 4 is 35.0 Å². The van der Waals surface area contributed by atoms with Gasteiger partial charge >= 0.3 is 0 Å². The lowest BCUT2D eigenvalue weighted by Crippen LogP contribution is -2.45. The smallest absolute Gasteiger partial charge is 0.251 e. The second-order valence-corrected chi connectivity index (χ2v) is 11.7. The van der Waals surface area contributed by atoms with E-state index in [9.17, 15) is 22.8 Å². The largest absolute Gasteiger partial charge is 0.495 e. The van der Waals surface area contributed by atoms with Crippen LogP contribution in [-0.4, -0.2) is 66.7 Å². The zero-order chi connectivity index (χ0) is 28.8. The number of anilines is 4.